The first-order valence-corrected chi connectivity index (χ1v) is 6.46. The standard InChI is InChI=1S/C14H23N3O/c1-16(2)10-12-11-17(9-8-15-12)13-4-6-14(18-3)7-5-13/h4-7,12,15H,8-11H2,1-3H3. The number of piperazine rings is 1. The van der Waals surface area contributed by atoms with Crippen molar-refractivity contribution in [1.29, 1.82) is 0 Å². The summed E-state index contributed by atoms with van der Waals surface area (Å²) in [5.41, 5.74) is 1.28. The Morgan fingerprint density at radius 1 is 1.33 bits per heavy atom. The Morgan fingerprint density at radius 3 is 2.67 bits per heavy atom. The van der Waals surface area contributed by atoms with Crippen LogP contribution >= 0.6 is 0 Å². The van der Waals surface area contributed by atoms with Gasteiger partial charge in [-0.3, -0.25) is 0 Å². The Morgan fingerprint density at radius 2 is 2.06 bits per heavy atom. The molecule has 0 amide bonds. The minimum atomic E-state index is 0.538. The number of rotatable bonds is 4. The predicted molar refractivity (Wildman–Crippen MR) is 75.6 cm³/mol. The molecule has 0 spiro atoms. The summed E-state index contributed by atoms with van der Waals surface area (Å²) in [7, 11) is 5.94. The molecule has 1 aliphatic rings. The molecular weight excluding hydrogens is 226 g/mol. The van der Waals surface area contributed by atoms with Crippen molar-refractivity contribution < 1.29 is 4.74 Å². The van der Waals surface area contributed by atoms with Gasteiger partial charge in [-0.05, 0) is 38.4 Å². The average Bonchev–Trinajstić information content (AvgIpc) is 2.38. The van der Waals surface area contributed by atoms with Crippen molar-refractivity contribution in [2.75, 3.05) is 52.3 Å². The van der Waals surface area contributed by atoms with Gasteiger partial charge in [0, 0.05) is 37.9 Å². The zero-order valence-corrected chi connectivity index (χ0v) is 11.5. The first-order chi connectivity index (χ1) is 8.69. The van der Waals surface area contributed by atoms with Crippen molar-refractivity contribution in [2.45, 2.75) is 6.04 Å². The van der Waals surface area contributed by atoms with Crippen LogP contribution in [0.5, 0.6) is 5.75 Å². The van der Waals surface area contributed by atoms with Crippen LogP contribution in [0.25, 0.3) is 0 Å². The van der Waals surface area contributed by atoms with E-state index in [9.17, 15) is 0 Å². The molecular formula is C14H23N3O. The van der Waals surface area contributed by atoms with Gasteiger partial charge in [0.05, 0.1) is 7.11 Å². The molecule has 1 atom stereocenters. The SMILES string of the molecule is COc1ccc(N2CCNC(CN(C)C)C2)cc1. The van der Waals surface area contributed by atoms with Gasteiger partial charge in [0.15, 0.2) is 0 Å². The van der Waals surface area contributed by atoms with E-state index in [-0.39, 0.29) is 0 Å². The molecule has 1 saturated heterocycles. The highest BCUT2D eigenvalue weighted by atomic mass is 16.5. The molecule has 4 heteroatoms. The highest BCUT2D eigenvalue weighted by molar-refractivity contribution is 5.49. The molecule has 0 radical (unpaired) electrons. The monoisotopic (exact) mass is 249 g/mol. The van der Waals surface area contributed by atoms with E-state index >= 15 is 0 Å². The van der Waals surface area contributed by atoms with E-state index in [1.54, 1.807) is 7.11 Å². The quantitative estimate of drug-likeness (QED) is 0.863. The lowest BCUT2D eigenvalue weighted by atomic mass is 10.1. The van der Waals surface area contributed by atoms with Crippen LogP contribution in [-0.4, -0.2) is 58.3 Å². The molecule has 1 N–H and O–H groups in total. The van der Waals surface area contributed by atoms with Crippen LogP contribution in [0.2, 0.25) is 0 Å². The summed E-state index contributed by atoms with van der Waals surface area (Å²) in [6.45, 7) is 4.25. The first kappa shape index (κ1) is 13.2. The topological polar surface area (TPSA) is 27.7 Å². The van der Waals surface area contributed by atoms with E-state index in [4.69, 9.17) is 4.74 Å². The van der Waals surface area contributed by atoms with Crippen molar-refractivity contribution in [3.05, 3.63) is 24.3 Å². The molecule has 1 aromatic carbocycles. The summed E-state index contributed by atoms with van der Waals surface area (Å²) in [5, 5.41) is 3.56. The summed E-state index contributed by atoms with van der Waals surface area (Å²) in [6, 6.07) is 8.86. The fourth-order valence-corrected chi connectivity index (χ4v) is 2.42. The van der Waals surface area contributed by atoms with Crippen LogP contribution in [0, 0.1) is 0 Å². The average molecular weight is 249 g/mol. The summed E-state index contributed by atoms with van der Waals surface area (Å²) in [6.07, 6.45) is 0. The number of ether oxygens (including phenoxy) is 1. The minimum Gasteiger partial charge on any atom is -0.497 e. The van der Waals surface area contributed by atoms with Crippen LogP contribution in [0.4, 0.5) is 5.69 Å². The Hall–Kier alpha value is -1.26. The molecule has 1 unspecified atom stereocenters. The van der Waals surface area contributed by atoms with Gasteiger partial charge in [0.2, 0.25) is 0 Å². The van der Waals surface area contributed by atoms with Gasteiger partial charge in [-0.2, -0.15) is 0 Å². The molecule has 4 nitrogen and oxygen atoms in total. The van der Waals surface area contributed by atoms with E-state index < -0.39 is 0 Å². The molecule has 0 bridgehead atoms. The van der Waals surface area contributed by atoms with E-state index in [1.807, 2.05) is 12.1 Å². The van der Waals surface area contributed by atoms with Crippen LogP contribution in [0.15, 0.2) is 24.3 Å². The lowest BCUT2D eigenvalue weighted by molar-refractivity contribution is 0.323. The molecule has 18 heavy (non-hydrogen) atoms. The number of nitrogens with zero attached hydrogens (tertiary/aromatic N) is 2. The van der Waals surface area contributed by atoms with E-state index in [2.05, 4.69) is 41.3 Å². The minimum absolute atomic E-state index is 0.538. The van der Waals surface area contributed by atoms with Crippen LogP contribution in [0.3, 0.4) is 0 Å². The molecule has 2 rings (SSSR count). The molecule has 0 saturated carbocycles. The zero-order valence-electron chi connectivity index (χ0n) is 11.5. The molecule has 1 heterocycles. The normalized spacial score (nSPS) is 20.2. The van der Waals surface area contributed by atoms with E-state index in [0.717, 1.165) is 31.9 Å². The van der Waals surface area contributed by atoms with Crippen molar-refractivity contribution in [1.82, 2.24) is 10.2 Å². The smallest absolute Gasteiger partial charge is 0.119 e. The summed E-state index contributed by atoms with van der Waals surface area (Å²) >= 11 is 0. The maximum Gasteiger partial charge on any atom is 0.119 e. The maximum atomic E-state index is 5.19. The van der Waals surface area contributed by atoms with Crippen molar-refractivity contribution >= 4 is 5.69 Å². The van der Waals surface area contributed by atoms with Gasteiger partial charge in [0.25, 0.3) is 0 Å². The Balaban J connectivity index is 1.98. The van der Waals surface area contributed by atoms with Crippen LogP contribution in [-0.2, 0) is 0 Å². The number of likely N-dealkylation sites (N-methyl/N-ethyl adjacent to an activating group) is 1. The highest BCUT2D eigenvalue weighted by Gasteiger charge is 2.19. The molecule has 1 aliphatic heterocycles. The Kier molecular flexibility index (Phi) is 4.44. The second-order valence-electron chi connectivity index (χ2n) is 5.06. The van der Waals surface area contributed by atoms with Gasteiger partial charge in [-0.15, -0.1) is 0 Å². The third-order valence-corrected chi connectivity index (χ3v) is 3.28. The largest absolute Gasteiger partial charge is 0.497 e. The number of benzene rings is 1. The second-order valence-corrected chi connectivity index (χ2v) is 5.06. The van der Waals surface area contributed by atoms with E-state index in [1.165, 1.54) is 5.69 Å². The molecule has 1 aromatic rings. The van der Waals surface area contributed by atoms with Gasteiger partial charge in [0.1, 0.15) is 5.75 Å². The van der Waals surface area contributed by atoms with Gasteiger partial charge in [-0.25, -0.2) is 0 Å². The predicted octanol–water partition coefficient (Wildman–Crippen LogP) is 1.03. The van der Waals surface area contributed by atoms with Crippen molar-refractivity contribution in [3.8, 4) is 5.75 Å². The molecule has 1 fully saturated rings. The lowest BCUT2D eigenvalue weighted by Crippen LogP contribution is -2.54. The van der Waals surface area contributed by atoms with Crippen LogP contribution in [0.1, 0.15) is 0 Å². The lowest BCUT2D eigenvalue weighted by Gasteiger charge is -2.36. The number of methoxy groups -OCH3 is 1. The van der Waals surface area contributed by atoms with E-state index in [0.29, 0.717) is 6.04 Å². The Labute approximate surface area is 110 Å². The number of hydrogen-bond acceptors (Lipinski definition) is 4. The maximum absolute atomic E-state index is 5.19. The molecule has 0 aliphatic carbocycles. The summed E-state index contributed by atoms with van der Waals surface area (Å²) in [5.74, 6) is 0.915. The molecule has 100 valence electrons. The summed E-state index contributed by atoms with van der Waals surface area (Å²) < 4.78 is 5.19. The highest BCUT2D eigenvalue weighted by Crippen LogP contribution is 2.20. The van der Waals surface area contributed by atoms with Gasteiger partial charge < -0.3 is 19.9 Å². The molecule has 0 aromatic heterocycles. The second kappa shape index (κ2) is 6.07. The number of anilines is 1. The zero-order chi connectivity index (χ0) is 13.0. The van der Waals surface area contributed by atoms with Crippen LogP contribution < -0.4 is 15.0 Å². The first-order valence-electron chi connectivity index (χ1n) is 6.46. The number of nitrogens with one attached hydrogen (secondary N) is 1. The van der Waals surface area contributed by atoms with Crippen molar-refractivity contribution in [2.24, 2.45) is 0 Å². The van der Waals surface area contributed by atoms with Crippen molar-refractivity contribution in [3.63, 3.8) is 0 Å². The third-order valence-electron chi connectivity index (χ3n) is 3.28. The number of hydrogen-bond donors (Lipinski definition) is 1. The third kappa shape index (κ3) is 3.37. The fraction of sp³-hybridized carbons (Fsp3) is 0.571. The fourth-order valence-electron chi connectivity index (χ4n) is 2.42. The summed E-state index contributed by atoms with van der Waals surface area (Å²) in [4.78, 5) is 4.67. The Bertz CT molecular complexity index is 364. The van der Waals surface area contributed by atoms with Gasteiger partial charge in [-0.1, -0.05) is 0 Å². The van der Waals surface area contributed by atoms with Gasteiger partial charge >= 0.3 is 0 Å².